The number of hydrogen-bond acceptors (Lipinski definition) is 5. The topological polar surface area (TPSA) is 90.6 Å². The van der Waals surface area contributed by atoms with Gasteiger partial charge in [0.2, 0.25) is 0 Å². The molecule has 1 aromatic carbocycles. The maximum atomic E-state index is 13.1. The van der Waals surface area contributed by atoms with Crippen molar-refractivity contribution in [3.63, 3.8) is 0 Å². The van der Waals surface area contributed by atoms with E-state index in [4.69, 9.17) is 16.6 Å². The molecule has 2 heterocycles. The number of hydrogen-bond donors (Lipinski definition) is 3. The molecule has 3 N–H and O–H groups in total. The van der Waals surface area contributed by atoms with E-state index < -0.39 is 0 Å². The normalized spacial score (nSPS) is 15.8. The Bertz CT molecular complexity index is 858. The molecule has 0 bridgehead atoms. The van der Waals surface area contributed by atoms with Crippen molar-refractivity contribution in [3.8, 4) is 11.4 Å². The van der Waals surface area contributed by atoms with Crippen LogP contribution in [-0.2, 0) is 13.1 Å². The van der Waals surface area contributed by atoms with Gasteiger partial charge in [-0.3, -0.25) is 9.69 Å². The third-order valence-corrected chi connectivity index (χ3v) is 5.60. The van der Waals surface area contributed by atoms with Gasteiger partial charge in [-0.25, -0.2) is 4.98 Å². The smallest absolute Gasteiger partial charge is 0.272 e. The molecular weight excluding hydrogens is 392 g/mol. The van der Waals surface area contributed by atoms with E-state index in [2.05, 4.69) is 14.8 Å². The standard InChI is InChI=1S/C21H29ClN4O3/c1-21(2,3)17(13-28)23-20(29)18-16-12-25(10-11-27)8-9-26(16)19(24-18)14-4-6-15(22)7-5-14/h4-7,17,27-28H,8-13H2,1-3H3,(H,23,29). The second kappa shape index (κ2) is 8.83. The number of rotatable bonds is 6. The lowest BCUT2D eigenvalue weighted by atomic mass is 9.87. The number of imidazole rings is 1. The number of amides is 1. The maximum absolute atomic E-state index is 13.1. The summed E-state index contributed by atoms with van der Waals surface area (Å²) < 4.78 is 2.07. The van der Waals surface area contributed by atoms with Gasteiger partial charge >= 0.3 is 0 Å². The molecule has 1 aliphatic heterocycles. The van der Waals surface area contributed by atoms with Crippen LogP contribution in [0.1, 0.15) is 37.0 Å². The third-order valence-electron chi connectivity index (χ3n) is 5.35. The fourth-order valence-corrected chi connectivity index (χ4v) is 3.64. The van der Waals surface area contributed by atoms with Crippen molar-refractivity contribution < 1.29 is 15.0 Å². The summed E-state index contributed by atoms with van der Waals surface area (Å²) in [7, 11) is 0. The van der Waals surface area contributed by atoms with Crippen molar-refractivity contribution in [1.82, 2.24) is 19.8 Å². The fraction of sp³-hybridized carbons (Fsp3) is 0.524. The minimum Gasteiger partial charge on any atom is -0.395 e. The molecule has 3 rings (SSSR count). The summed E-state index contributed by atoms with van der Waals surface area (Å²) in [6, 6.07) is 7.02. The molecule has 2 aromatic rings. The molecule has 0 aliphatic carbocycles. The van der Waals surface area contributed by atoms with Crippen LogP contribution < -0.4 is 5.32 Å². The highest BCUT2D eigenvalue weighted by atomic mass is 35.5. The lowest BCUT2D eigenvalue weighted by Gasteiger charge is -2.30. The first-order chi connectivity index (χ1) is 13.7. The van der Waals surface area contributed by atoms with Gasteiger partial charge < -0.3 is 20.1 Å². The number of halogens is 1. The van der Waals surface area contributed by atoms with Crippen LogP contribution in [0.25, 0.3) is 11.4 Å². The molecule has 0 spiro atoms. The van der Waals surface area contributed by atoms with E-state index in [9.17, 15) is 15.0 Å². The summed E-state index contributed by atoms with van der Waals surface area (Å²) in [5.41, 5.74) is 1.78. The predicted octanol–water partition coefficient (Wildman–Crippen LogP) is 2.15. The molecule has 7 nitrogen and oxygen atoms in total. The van der Waals surface area contributed by atoms with Gasteiger partial charge in [0.25, 0.3) is 5.91 Å². The number of nitrogens with zero attached hydrogens (tertiary/aromatic N) is 3. The van der Waals surface area contributed by atoms with E-state index >= 15 is 0 Å². The lowest BCUT2D eigenvalue weighted by Crippen LogP contribution is -2.46. The SMILES string of the molecule is CC(C)(C)C(CO)NC(=O)c1nc(-c2ccc(Cl)cc2)n2c1CN(CCO)CC2. The van der Waals surface area contributed by atoms with E-state index in [1.54, 1.807) is 12.1 Å². The Hall–Kier alpha value is -1.93. The van der Waals surface area contributed by atoms with E-state index in [-0.39, 0.29) is 30.6 Å². The Labute approximate surface area is 176 Å². The van der Waals surface area contributed by atoms with Gasteiger partial charge in [0.1, 0.15) is 5.82 Å². The Kier molecular flexibility index (Phi) is 6.63. The van der Waals surface area contributed by atoms with Crippen LogP contribution in [0.15, 0.2) is 24.3 Å². The zero-order valence-electron chi connectivity index (χ0n) is 17.2. The van der Waals surface area contributed by atoms with Crippen LogP contribution in [0.5, 0.6) is 0 Å². The van der Waals surface area contributed by atoms with Crippen molar-refractivity contribution >= 4 is 17.5 Å². The predicted molar refractivity (Wildman–Crippen MR) is 113 cm³/mol. The highest BCUT2D eigenvalue weighted by molar-refractivity contribution is 6.30. The summed E-state index contributed by atoms with van der Waals surface area (Å²) in [6.07, 6.45) is 0. The number of carbonyl (C=O) groups is 1. The number of aliphatic hydroxyl groups is 2. The molecular formula is C21H29ClN4O3. The summed E-state index contributed by atoms with van der Waals surface area (Å²) in [6.45, 7) is 8.36. The maximum Gasteiger partial charge on any atom is 0.272 e. The zero-order chi connectivity index (χ0) is 21.2. The van der Waals surface area contributed by atoms with E-state index in [0.29, 0.717) is 30.4 Å². The molecule has 1 atom stereocenters. The minimum absolute atomic E-state index is 0.0658. The lowest BCUT2D eigenvalue weighted by molar-refractivity contribution is 0.0839. The largest absolute Gasteiger partial charge is 0.395 e. The van der Waals surface area contributed by atoms with Crippen molar-refractivity contribution in [1.29, 1.82) is 0 Å². The number of aliphatic hydroxyl groups excluding tert-OH is 2. The van der Waals surface area contributed by atoms with Crippen LogP contribution in [0.4, 0.5) is 0 Å². The molecule has 8 heteroatoms. The van der Waals surface area contributed by atoms with Crippen LogP contribution >= 0.6 is 11.6 Å². The van der Waals surface area contributed by atoms with Crippen LogP contribution in [0.2, 0.25) is 5.02 Å². The molecule has 1 unspecified atom stereocenters. The highest BCUT2D eigenvalue weighted by Gasteiger charge is 2.31. The second-order valence-corrected chi connectivity index (χ2v) is 8.90. The Morgan fingerprint density at radius 3 is 2.52 bits per heavy atom. The molecule has 0 saturated carbocycles. The van der Waals surface area contributed by atoms with Crippen molar-refractivity contribution in [3.05, 3.63) is 40.7 Å². The first-order valence-corrected chi connectivity index (χ1v) is 10.2. The first-order valence-electron chi connectivity index (χ1n) is 9.85. The number of carbonyl (C=O) groups excluding carboxylic acids is 1. The molecule has 1 aromatic heterocycles. The van der Waals surface area contributed by atoms with Gasteiger partial charge in [-0.1, -0.05) is 32.4 Å². The second-order valence-electron chi connectivity index (χ2n) is 8.46. The average molecular weight is 421 g/mol. The summed E-state index contributed by atoms with van der Waals surface area (Å²) in [4.78, 5) is 19.9. The van der Waals surface area contributed by atoms with Crippen LogP contribution in [0, 0.1) is 5.41 Å². The quantitative estimate of drug-likeness (QED) is 0.666. The van der Waals surface area contributed by atoms with E-state index in [1.165, 1.54) is 0 Å². The van der Waals surface area contributed by atoms with Gasteiger partial charge in [-0.2, -0.15) is 0 Å². The van der Waals surface area contributed by atoms with E-state index in [0.717, 1.165) is 23.6 Å². The highest BCUT2D eigenvalue weighted by Crippen LogP contribution is 2.28. The monoisotopic (exact) mass is 420 g/mol. The van der Waals surface area contributed by atoms with Gasteiger partial charge in [0.05, 0.1) is 24.9 Å². The molecule has 29 heavy (non-hydrogen) atoms. The molecule has 0 fully saturated rings. The molecule has 0 saturated heterocycles. The zero-order valence-corrected chi connectivity index (χ0v) is 17.9. The Morgan fingerprint density at radius 1 is 1.24 bits per heavy atom. The van der Waals surface area contributed by atoms with Gasteiger partial charge in [-0.05, 0) is 29.7 Å². The summed E-state index contributed by atoms with van der Waals surface area (Å²) in [5, 5.41) is 22.6. The molecule has 1 amide bonds. The number of benzene rings is 1. The Balaban J connectivity index is 1.99. The molecule has 0 radical (unpaired) electrons. The van der Waals surface area contributed by atoms with Gasteiger partial charge in [-0.15, -0.1) is 0 Å². The average Bonchev–Trinajstić information content (AvgIpc) is 3.05. The van der Waals surface area contributed by atoms with Gasteiger partial charge in [0.15, 0.2) is 5.69 Å². The summed E-state index contributed by atoms with van der Waals surface area (Å²) in [5.74, 6) is 0.426. The molecule has 158 valence electrons. The number of aromatic nitrogens is 2. The number of β-amino-alcohol motifs (C(OH)–C–C–N with tert-alkyl or cyclic N) is 1. The Morgan fingerprint density at radius 2 is 1.93 bits per heavy atom. The summed E-state index contributed by atoms with van der Waals surface area (Å²) >= 11 is 6.02. The first kappa shape index (κ1) is 21.8. The fourth-order valence-electron chi connectivity index (χ4n) is 3.52. The van der Waals surface area contributed by atoms with Crippen molar-refractivity contribution in [2.45, 2.75) is 39.9 Å². The van der Waals surface area contributed by atoms with Crippen molar-refractivity contribution in [2.24, 2.45) is 5.41 Å². The van der Waals surface area contributed by atoms with Crippen LogP contribution in [0.3, 0.4) is 0 Å². The number of nitrogens with one attached hydrogen (secondary N) is 1. The van der Waals surface area contributed by atoms with Crippen LogP contribution in [-0.4, -0.2) is 62.9 Å². The molecule has 1 aliphatic rings. The van der Waals surface area contributed by atoms with E-state index in [1.807, 2.05) is 32.9 Å². The van der Waals surface area contributed by atoms with Crippen molar-refractivity contribution in [2.75, 3.05) is 26.3 Å². The number of fused-ring (bicyclic) bond motifs is 1. The third kappa shape index (κ3) is 4.80. The minimum atomic E-state index is -0.386. The van der Waals surface area contributed by atoms with Gasteiger partial charge in [0, 0.05) is 36.8 Å².